The molecule has 5 heteroatoms. The maximum atomic E-state index is 11.3. The predicted molar refractivity (Wildman–Crippen MR) is 65.3 cm³/mol. The molecule has 1 amide bonds. The molecule has 16 heavy (non-hydrogen) atoms. The molecule has 0 radical (unpaired) electrons. The number of rotatable bonds is 5. The summed E-state index contributed by atoms with van der Waals surface area (Å²) in [5.41, 5.74) is 11.7. The lowest BCUT2D eigenvalue weighted by Crippen LogP contribution is -2.28. The lowest BCUT2D eigenvalue weighted by Gasteiger charge is -2.23. The molecule has 0 aliphatic carbocycles. The van der Waals surface area contributed by atoms with Gasteiger partial charge in [0, 0.05) is 13.1 Å². The number of anilines is 2. The van der Waals surface area contributed by atoms with Crippen molar-refractivity contribution >= 4 is 17.4 Å². The van der Waals surface area contributed by atoms with Crippen LogP contribution >= 0.6 is 0 Å². The van der Waals surface area contributed by atoms with Crippen LogP contribution in [0.15, 0.2) is 12.3 Å². The molecule has 1 aromatic rings. The van der Waals surface area contributed by atoms with Gasteiger partial charge in [0.25, 0.3) is 5.91 Å². The largest absolute Gasteiger partial charge is 0.397 e. The first kappa shape index (κ1) is 12.3. The Morgan fingerprint density at radius 2 is 2.19 bits per heavy atom. The van der Waals surface area contributed by atoms with Crippen LogP contribution < -0.4 is 16.4 Å². The van der Waals surface area contributed by atoms with E-state index >= 15 is 0 Å². The van der Waals surface area contributed by atoms with Crippen molar-refractivity contribution in [3.8, 4) is 0 Å². The highest BCUT2D eigenvalue weighted by molar-refractivity contribution is 5.98. The molecule has 1 aromatic heterocycles. The zero-order valence-corrected chi connectivity index (χ0v) is 9.73. The third-order valence-electron chi connectivity index (χ3n) is 2.33. The van der Waals surface area contributed by atoms with E-state index < -0.39 is 5.91 Å². The van der Waals surface area contributed by atoms with Crippen LogP contribution in [0, 0.1) is 0 Å². The number of carbonyl (C=O) groups is 1. The van der Waals surface area contributed by atoms with E-state index in [2.05, 4.69) is 11.9 Å². The third kappa shape index (κ3) is 2.62. The zero-order chi connectivity index (χ0) is 12.1. The van der Waals surface area contributed by atoms with Gasteiger partial charge < -0.3 is 16.4 Å². The number of nitrogen functional groups attached to an aromatic ring is 1. The highest BCUT2D eigenvalue weighted by Crippen LogP contribution is 2.19. The van der Waals surface area contributed by atoms with E-state index in [1.165, 1.54) is 0 Å². The summed E-state index contributed by atoms with van der Waals surface area (Å²) in [6.45, 7) is 5.71. The van der Waals surface area contributed by atoms with E-state index in [9.17, 15) is 4.79 Å². The molecule has 4 N–H and O–H groups in total. The van der Waals surface area contributed by atoms with E-state index in [1.807, 2.05) is 11.8 Å². The smallest absolute Gasteiger partial charge is 0.252 e. The van der Waals surface area contributed by atoms with Crippen LogP contribution in [-0.2, 0) is 0 Å². The van der Waals surface area contributed by atoms with Crippen LogP contribution in [-0.4, -0.2) is 24.0 Å². The molecule has 0 aromatic carbocycles. The van der Waals surface area contributed by atoms with E-state index in [0.717, 1.165) is 19.5 Å². The fourth-order valence-electron chi connectivity index (χ4n) is 1.59. The van der Waals surface area contributed by atoms with Gasteiger partial charge in [-0.3, -0.25) is 4.79 Å². The van der Waals surface area contributed by atoms with Gasteiger partial charge in [-0.2, -0.15) is 0 Å². The molecule has 1 heterocycles. The van der Waals surface area contributed by atoms with Gasteiger partial charge in [0.15, 0.2) is 0 Å². The molecule has 0 spiro atoms. The van der Waals surface area contributed by atoms with Gasteiger partial charge in [-0.15, -0.1) is 0 Å². The Morgan fingerprint density at radius 3 is 2.69 bits per heavy atom. The van der Waals surface area contributed by atoms with Crippen LogP contribution in [0.25, 0.3) is 0 Å². The van der Waals surface area contributed by atoms with Crippen molar-refractivity contribution in [1.82, 2.24) is 4.98 Å². The van der Waals surface area contributed by atoms with Crippen molar-refractivity contribution < 1.29 is 4.79 Å². The van der Waals surface area contributed by atoms with Crippen molar-refractivity contribution in [3.05, 3.63) is 17.8 Å². The van der Waals surface area contributed by atoms with Gasteiger partial charge in [-0.1, -0.05) is 6.92 Å². The fourth-order valence-corrected chi connectivity index (χ4v) is 1.59. The Kier molecular flexibility index (Phi) is 4.10. The molecular weight excluding hydrogens is 204 g/mol. The molecule has 0 atom stereocenters. The van der Waals surface area contributed by atoms with Crippen molar-refractivity contribution in [3.63, 3.8) is 0 Å². The summed E-state index contributed by atoms with van der Waals surface area (Å²) in [5, 5.41) is 0. The number of pyridine rings is 1. The summed E-state index contributed by atoms with van der Waals surface area (Å²) in [6.07, 6.45) is 2.53. The first-order valence-electron chi connectivity index (χ1n) is 5.40. The van der Waals surface area contributed by atoms with E-state index in [0.29, 0.717) is 17.1 Å². The quantitative estimate of drug-likeness (QED) is 0.778. The second kappa shape index (κ2) is 5.34. The number of amides is 1. The van der Waals surface area contributed by atoms with Crippen LogP contribution in [0.3, 0.4) is 0 Å². The summed E-state index contributed by atoms with van der Waals surface area (Å²) in [6, 6.07) is 1.57. The van der Waals surface area contributed by atoms with Gasteiger partial charge in [-0.05, 0) is 19.4 Å². The topological polar surface area (TPSA) is 85.2 Å². The molecule has 88 valence electrons. The highest BCUT2D eigenvalue weighted by Gasteiger charge is 2.14. The molecule has 0 saturated carbocycles. The number of nitrogens with two attached hydrogens (primary N) is 2. The van der Waals surface area contributed by atoms with Crippen molar-refractivity contribution in [2.24, 2.45) is 5.73 Å². The Labute approximate surface area is 95.4 Å². The molecule has 0 unspecified atom stereocenters. The van der Waals surface area contributed by atoms with Crippen LogP contribution in [0.1, 0.15) is 30.6 Å². The number of carbonyl (C=O) groups excluding carboxylic acids is 1. The summed E-state index contributed by atoms with van der Waals surface area (Å²) in [4.78, 5) is 17.5. The van der Waals surface area contributed by atoms with Gasteiger partial charge in [0.2, 0.25) is 0 Å². The second-order valence-corrected chi connectivity index (χ2v) is 3.58. The van der Waals surface area contributed by atoms with Crippen LogP contribution in [0.2, 0.25) is 0 Å². The van der Waals surface area contributed by atoms with Crippen molar-refractivity contribution in [2.45, 2.75) is 20.3 Å². The van der Waals surface area contributed by atoms with Gasteiger partial charge in [0.1, 0.15) is 5.82 Å². The van der Waals surface area contributed by atoms with E-state index in [1.54, 1.807) is 12.3 Å². The van der Waals surface area contributed by atoms with Crippen molar-refractivity contribution in [2.75, 3.05) is 23.7 Å². The lowest BCUT2D eigenvalue weighted by molar-refractivity contribution is 0.100. The Bertz CT molecular complexity index is 378. The third-order valence-corrected chi connectivity index (χ3v) is 2.33. The Balaban J connectivity index is 3.14. The molecule has 0 bridgehead atoms. The Hall–Kier alpha value is -1.78. The molecule has 0 aliphatic heterocycles. The summed E-state index contributed by atoms with van der Waals surface area (Å²) in [5.74, 6) is 0.121. The Morgan fingerprint density at radius 1 is 1.50 bits per heavy atom. The number of hydrogen-bond acceptors (Lipinski definition) is 4. The molecule has 1 rings (SSSR count). The molecule has 0 fully saturated rings. The van der Waals surface area contributed by atoms with Crippen molar-refractivity contribution in [1.29, 1.82) is 0 Å². The summed E-state index contributed by atoms with van der Waals surface area (Å²) in [7, 11) is 0. The molecule has 0 aliphatic rings. The average molecular weight is 222 g/mol. The van der Waals surface area contributed by atoms with Crippen LogP contribution in [0.4, 0.5) is 11.5 Å². The number of hydrogen-bond donors (Lipinski definition) is 2. The first-order chi connectivity index (χ1) is 7.60. The molecule has 0 saturated heterocycles. The number of nitrogens with zero attached hydrogens (tertiary/aromatic N) is 2. The summed E-state index contributed by atoms with van der Waals surface area (Å²) < 4.78 is 0. The highest BCUT2D eigenvalue weighted by atomic mass is 16.1. The van der Waals surface area contributed by atoms with Gasteiger partial charge in [-0.25, -0.2) is 4.98 Å². The molecular formula is C11H18N4O. The number of primary amides is 1. The molecule has 5 nitrogen and oxygen atoms in total. The van der Waals surface area contributed by atoms with Gasteiger partial charge >= 0.3 is 0 Å². The minimum absolute atomic E-state index is 0.385. The fraction of sp³-hybridized carbons (Fsp3) is 0.455. The number of aromatic nitrogens is 1. The average Bonchev–Trinajstić information content (AvgIpc) is 2.26. The lowest BCUT2D eigenvalue weighted by atomic mass is 10.2. The zero-order valence-electron chi connectivity index (χ0n) is 9.73. The van der Waals surface area contributed by atoms with E-state index in [-0.39, 0.29) is 0 Å². The SMILES string of the molecule is CCCN(CC)c1ncc(N)cc1C(N)=O. The standard InChI is InChI=1S/C11H18N4O/c1-3-5-15(4-2)11-9(10(13)16)6-8(12)7-14-11/h6-7H,3-5,12H2,1-2H3,(H2,13,16). The van der Waals surface area contributed by atoms with Gasteiger partial charge in [0.05, 0.1) is 17.4 Å². The minimum atomic E-state index is -0.496. The first-order valence-corrected chi connectivity index (χ1v) is 5.40. The maximum absolute atomic E-state index is 11.3. The normalized spacial score (nSPS) is 10.1. The van der Waals surface area contributed by atoms with Crippen LogP contribution in [0.5, 0.6) is 0 Å². The minimum Gasteiger partial charge on any atom is -0.397 e. The van der Waals surface area contributed by atoms with E-state index in [4.69, 9.17) is 11.5 Å². The maximum Gasteiger partial charge on any atom is 0.252 e. The second-order valence-electron chi connectivity index (χ2n) is 3.58. The monoisotopic (exact) mass is 222 g/mol. The predicted octanol–water partition coefficient (Wildman–Crippen LogP) is 0.999. The summed E-state index contributed by atoms with van der Waals surface area (Å²) >= 11 is 0.